The van der Waals surface area contributed by atoms with Crippen molar-refractivity contribution in [2.75, 3.05) is 39.4 Å². The number of nitrogens with one attached hydrogen (secondary N) is 1. The Labute approximate surface area is 190 Å². The van der Waals surface area contributed by atoms with Crippen LogP contribution in [0.3, 0.4) is 0 Å². The topological polar surface area (TPSA) is 62.5 Å². The zero-order chi connectivity index (χ0) is 22.2. The fraction of sp³-hybridized carbons (Fsp3) is 0.423. The van der Waals surface area contributed by atoms with Gasteiger partial charge in [-0.1, -0.05) is 61.5 Å². The second-order valence-electron chi connectivity index (χ2n) is 8.43. The molecule has 0 unspecified atom stereocenters. The summed E-state index contributed by atoms with van der Waals surface area (Å²) in [7, 11) is 0. The highest BCUT2D eigenvalue weighted by Crippen LogP contribution is 2.23. The van der Waals surface area contributed by atoms with E-state index in [2.05, 4.69) is 71.9 Å². The maximum atomic E-state index is 10.5. The Kier molecular flexibility index (Phi) is 8.07. The lowest BCUT2D eigenvalue weighted by Gasteiger charge is -2.28. The highest BCUT2D eigenvalue weighted by atomic mass is 16.5. The van der Waals surface area contributed by atoms with Gasteiger partial charge < -0.3 is 15.2 Å². The zero-order valence-electron chi connectivity index (χ0n) is 18.9. The average Bonchev–Trinajstić information content (AvgIpc) is 3.22. The average molecular weight is 435 g/mol. The minimum atomic E-state index is -0.403. The van der Waals surface area contributed by atoms with Gasteiger partial charge in [0.05, 0.1) is 31.6 Å². The van der Waals surface area contributed by atoms with Gasteiger partial charge in [-0.25, -0.2) is 0 Å². The maximum Gasteiger partial charge on any atom is 0.0968 e. The Morgan fingerprint density at radius 1 is 1.03 bits per heavy atom. The monoisotopic (exact) mass is 434 g/mol. The molecule has 2 aromatic carbocycles. The molecular weight excluding hydrogens is 400 g/mol. The molecule has 1 aromatic heterocycles. The first kappa shape index (κ1) is 22.7. The van der Waals surface area contributed by atoms with Crippen LogP contribution < -0.4 is 5.32 Å². The van der Waals surface area contributed by atoms with E-state index in [1.165, 1.54) is 11.1 Å². The summed E-state index contributed by atoms with van der Waals surface area (Å²) in [6.07, 6.45) is 2.75. The second kappa shape index (κ2) is 11.4. The van der Waals surface area contributed by atoms with Crippen LogP contribution in [0.2, 0.25) is 0 Å². The molecule has 1 fully saturated rings. The number of aliphatic hydroxyl groups excluding tert-OH is 1. The molecule has 0 bridgehead atoms. The fourth-order valence-electron chi connectivity index (χ4n) is 4.10. The van der Waals surface area contributed by atoms with Crippen molar-refractivity contribution in [3.63, 3.8) is 0 Å². The van der Waals surface area contributed by atoms with Crippen molar-refractivity contribution < 1.29 is 9.84 Å². The number of aliphatic hydroxyl groups is 1. The first-order valence-corrected chi connectivity index (χ1v) is 11.6. The van der Waals surface area contributed by atoms with Gasteiger partial charge >= 0.3 is 0 Å². The Morgan fingerprint density at radius 2 is 1.78 bits per heavy atom. The summed E-state index contributed by atoms with van der Waals surface area (Å²) in [5.41, 5.74) is 5.81. The third-order valence-electron chi connectivity index (χ3n) is 5.93. The van der Waals surface area contributed by atoms with Crippen LogP contribution in [0, 0.1) is 0 Å². The molecule has 6 nitrogen and oxygen atoms in total. The van der Waals surface area contributed by atoms with Gasteiger partial charge in [-0.2, -0.15) is 5.10 Å². The Hall–Kier alpha value is -2.51. The normalized spacial score (nSPS) is 15.7. The third-order valence-corrected chi connectivity index (χ3v) is 5.93. The second-order valence-corrected chi connectivity index (χ2v) is 8.43. The van der Waals surface area contributed by atoms with Gasteiger partial charge in [-0.3, -0.25) is 9.58 Å². The van der Waals surface area contributed by atoms with E-state index in [1.807, 2.05) is 10.7 Å². The van der Waals surface area contributed by atoms with E-state index in [9.17, 15) is 5.11 Å². The SMILES string of the molecule is CCc1ccc(-c2nn(Cc3ccccc3)cc2CNC[C@@H](O)CN2CCOCC2)cc1. The number of rotatable bonds is 10. The molecule has 0 radical (unpaired) electrons. The lowest BCUT2D eigenvalue weighted by molar-refractivity contribution is 0.0149. The van der Waals surface area contributed by atoms with Crippen molar-refractivity contribution in [3.8, 4) is 11.3 Å². The van der Waals surface area contributed by atoms with E-state index in [0.29, 0.717) is 19.6 Å². The Balaban J connectivity index is 1.43. The molecule has 0 spiro atoms. The van der Waals surface area contributed by atoms with Crippen molar-refractivity contribution in [1.82, 2.24) is 20.0 Å². The van der Waals surface area contributed by atoms with Gasteiger partial charge in [0.25, 0.3) is 0 Å². The lowest BCUT2D eigenvalue weighted by atomic mass is 10.0. The zero-order valence-corrected chi connectivity index (χ0v) is 18.9. The summed E-state index contributed by atoms with van der Waals surface area (Å²) in [5, 5.41) is 18.8. The summed E-state index contributed by atoms with van der Waals surface area (Å²) >= 11 is 0. The van der Waals surface area contributed by atoms with Crippen LogP contribution in [0.5, 0.6) is 0 Å². The standard InChI is InChI=1S/C26H34N4O2/c1-2-21-8-10-23(11-9-21)26-24(19-30(28-26)18-22-6-4-3-5-7-22)16-27-17-25(31)20-29-12-14-32-15-13-29/h3-11,19,25,27,31H,2,12-18,20H2,1H3/t25-/m1/s1. The number of aromatic nitrogens is 2. The minimum Gasteiger partial charge on any atom is -0.390 e. The van der Waals surface area contributed by atoms with E-state index in [0.717, 1.165) is 56.1 Å². The van der Waals surface area contributed by atoms with Gasteiger partial charge in [-0.15, -0.1) is 0 Å². The van der Waals surface area contributed by atoms with Gasteiger partial charge in [0.2, 0.25) is 0 Å². The van der Waals surface area contributed by atoms with Crippen molar-refractivity contribution >= 4 is 0 Å². The van der Waals surface area contributed by atoms with Crippen LogP contribution >= 0.6 is 0 Å². The van der Waals surface area contributed by atoms with Gasteiger partial charge in [-0.05, 0) is 17.5 Å². The van der Waals surface area contributed by atoms with E-state index in [1.54, 1.807) is 0 Å². The van der Waals surface area contributed by atoms with Crippen LogP contribution in [0.15, 0.2) is 60.8 Å². The molecule has 0 saturated carbocycles. The van der Waals surface area contributed by atoms with E-state index in [4.69, 9.17) is 9.84 Å². The minimum absolute atomic E-state index is 0.403. The molecule has 170 valence electrons. The number of aryl methyl sites for hydroxylation is 1. The fourth-order valence-corrected chi connectivity index (χ4v) is 4.10. The van der Waals surface area contributed by atoms with Crippen LogP contribution in [-0.2, 0) is 24.2 Å². The smallest absolute Gasteiger partial charge is 0.0968 e. The first-order chi connectivity index (χ1) is 15.7. The Morgan fingerprint density at radius 3 is 2.50 bits per heavy atom. The lowest BCUT2D eigenvalue weighted by Crippen LogP contribution is -2.43. The molecule has 2 heterocycles. The van der Waals surface area contributed by atoms with Crippen LogP contribution in [0.4, 0.5) is 0 Å². The van der Waals surface area contributed by atoms with Gasteiger partial charge in [0.15, 0.2) is 0 Å². The largest absolute Gasteiger partial charge is 0.390 e. The number of benzene rings is 2. The van der Waals surface area contributed by atoms with Crippen LogP contribution in [-0.4, -0.2) is 65.3 Å². The van der Waals surface area contributed by atoms with Crippen molar-refractivity contribution in [3.05, 3.63) is 77.5 Å². The third kappa shape index (κ3) is 6.26. The van der Waals surface area contributed by atoms with E-state index < -0.39 is 6.10 Å². The van der Waals surface area contributed by atoms with Gasteiger partial charge in [0.1, 0.15) is 0 Å². The number of hydrogen-bond acceptors (Lipinski definition) is 5. The molecule has 2 N–H and O–H groups in total. The highest BCUT2D eigenvalue weighted by molar-refractivity contribution is 5.63. The predicted molar refractivity (Wildman–Crippen MR) is 128 cm³/mol. The molecule has 0 amide bonds. The molecule has 32 heavy (non-hydrogen) atoms. The number of morpholine rings is 1. The summed E-state index contributed by atoms with van der Waals surface area (Å²) < 4.78 is 7.40. The summed E-state index contributed by atoms with van der Waals surface area (Å²) in [4.78, 5) is 2.26. The number of β-amino-alcohol motifs (C(OH)–C–C–N with tert-alkyl or cyclic N) is 1. The molecule has 1 saturated heterocycles. The quantitative estimate of drug-likeness (QED) is 0.514. The Bertz CT molecular complexity index is 950. The molecule has 1 aliphatic heterocycles. The van der Waals surface area contributed by atoms with Gasteiger partial charge in [0, 0.05) is 50.0 Å². The number of ether oxygens (including phenoxy) is 1. The molecular formula is C26H34N4O2. The first-order valence-electron chi connectivity index (χ1n) is 11.6. The molecule has 3 aromatic rings. The highest BCUT2D eigenvalue weighted by Gasteiger charge is 2.16. The van der Waals surface area contributed by atoms with Crippen LogP contribution in [0.25, 0.3) is 11.3 Å². The number of hydrogen-bond donors (Lipinski definition) is 2. The molecule has 0 aliphatic carbocycles. The predicted octanol–water partition coefficient (Wildman–Crippen LogP) is 2.94. The van der Waals surface area contributed by atoms with Crippen LogP contribution in [0.1, 0.15) is 23.6 Å². The molecule has 4 rings (SSSR count). The van der Waals surface area contributed by atoms with Crippen molar-refractivity contribution in [2.24, 2.45) is 0 Å². The summed E-state index contributed by atoms with van der Waals surface area (Å²) in [6, 6.07) is 19.1. The van der Waals surface area contributed by atoms with E-state index >= 15 is 0 Å². The molecule has 1 aliphatic rings. The summed E-state index contributed by atoms with van der Waals surface area (Å²) in [5.74, 6) is 0. The molecule has 6 heteroatoms. The van der Waals surface area contributed by atoms with Crippen molar-refractivity contribution in [2.45, 2.75) is 32.5 Å². The van der Waals surface area contributed by atoms with E-state index in [-0.39, 0.29) is 0 Å². The molecule has 1 atom stereocenters. The summed E-state index contributed by atoms with van der Waals surface area (Å²) in [6.45, 7) is 8.08. The number of nitrogens with zero attached hydrogens (tertiary/aromatic N) is 3. The maximum absolute atomic E-state index is 10.5. The van der Waals surface area contributed by atoms with Crippen molar-refractivity contribution in [1.29, 1.82) is 0 Å².